The molecule has 0 aromatic heterocycles. The lowest BCUT2D eigenvalue weighted by Crippen LogP contribution is -2.54. The number of alkyl carbamates (subject to hydrolysis) is 1. The van der Waals surface area contributed by atoms with Gasteiger partial charge < -0.3 is 19.9 Å². The lowest BCUT2D eigenvalue weighted by Gasteiger charge is -2.43. The second-order valence-corrected chi connectivity index (χ2v) is 7.79. The van der Waals surface area contributed by atoms with Crippen molar-refractivity contribution >= 4 is 6.09 Å². The number of aliphatic hydroxyl groups excluding tert-OH is 1. The highest BCUT2D eigenvalue weighted by molar-refractivity contribution is 5.69. The predicted molar refractivity (Wildman–Crippen MR) is 101 cm³/mol. The third kappa shape index (κ3) is 5.05. The van der Waals surface area contributed by atoms with Crippen LogP contribution in [0.15, 0.2) is 29.4 Å². The minimum absolute atomic E-state index is 0.463. The first-order valence-electron chi connectivity index (χ1n) is 9.09. The molecule has 3 atom stereocenters. The van der Waals surface area contributed by atoms with E-state index in [1.54, 1.807) is 52.1 Å². The Hall–Kier alpha value is -2.44. The topological polar surface area (TPSA) is 117 Å². The van der Waals surface area contributed by atoms with Gasteiger partial charge in [0.05, 0.1) is 24.8 Å². The van der Waals surface area contributed by atoms with E-state index in [0.29, 0.717) is 24.2 Å². The minimum atomic E-state index is -1.18. The number of ether oxygens (including phenoxy) is 2. The number of methoxy groups -OCH3 is 1. The summed E-state index contributed by atoms with van der Waals surface area (Å²) < 4.78 is 10.6. The van der Waals surface area contributed by atoms with Crippen molar-refractivity contribution in [2.75, 3.05) is 7.11 Å². The maximum absolute atomic E-state index is 12.5. The normalized spacial score (nSPS) is 23.7. The standard InChI is InChI=1S/C19H28N4O4/c1-18(2,3)27-17(25)21-16(13-8-10-14(26-4)11-9-13)19(22-23-20)12-6-5-7-15(19)24/h8-11,15-16,24H,5-7,12H2,1-4H3,(H,21,25)/t15-,16-,19-/m0/s1. The van der Waals surface area contributed by atoms with Gasteiger partial charge in [0, 0.05) is 4.91 Å². The zero-order chi connectivity index (χ0) is 20.1. The van der Waals surface area contributed by atoms with Crippen molar-refractivity contribution in [2.45, 2.75) is 69.7 Å². The molecule has 1 fully saturated rings. The average molecular weight is 376 g/mol. The number of nitrogens with one attached hydrogen (secondary N) is 1. The van der Waals surface area contributed by atoms with Crippen LogP contribution in [0.2, 0.25) is 0 Å². The van der Waals surface area contributed by atoms with Crippen LogP contribution >= 0.6 is 0 Å². The molecule has 8 nitrogen and oxygen atoms in total. The van der Waals surface area contributed by atoms with Gasteiger partial charge >= 0.3 is 6.09 Å². The highest BCUT2D eigenvalue weighted by atomic mass is 16.6. The Morgan fingerprint density at radius 2 is 2.04 bits per heavy atom. The fourth-order valence-electron chi connectivity index (χ4n) is 3.48. The van der Waals surface area contributed by atoms with E-state index in [1.165, 1.54) is 0 Å². The molecule has 8 heteroatoms. The van der Waals surface area contributed by atoms with Gasteiger partial charge in [-0.25, -0.2) is 4.79 Å². The Kier molecular flexibility index (Phi) is 6.57. The fraction of sp³-hybridized carbons (Fsp3) is 0.632. The highest BCUT2D eigenvalue weighted by Gasteiger charge is 2.47. The van der Waals surface area contributed by atoms with Gasteiger partial charge in [0.1, 0.15) is 11.4 Å². The monoisotopic (exact) mass is 376 g/mol. The molecular weight excluding hydrogens is 348 g/mol. The third-order valence-electron chi connectivity index (χ3n) is 4.72. The number of carbonyl (C=O) groups excluding carboxylic acids is 1. The first kappa shape index (κ1) is 20.9. The first-order chi connectivity index (χ1) is 12.7. The van der Waals surface area contributed by atoms with Crippen molar-refractivity contribution in [1.82, 2.24) is 5.32 Å². The number of azide groups is 1. The molecule has 2 N–H and O–H groups in total. The lowest BCUT2D eigenvalue weighted by molar-refractivity contribution is 0.0133. The van der Waals surface area contributed by atoms with Crippen LogP contribution in [-0.4, -0.2) is 35.6 Å². The summed E-state index contributed by atoms with van der Waals surface area (Å²) in [5.74, 6) is 0.664. The van der Waals surface area contributed by atoms with Crippen LogP contribution < -0.4 is 10.1 Å². The Morgan fingerprint density at radius 1 is 1.37 bits per heavy atom. The van der Waals surface area contributed by atoms with E-state index in [-0.39, 0.29) is 0 Å². The van der Waals surface area contributed by atoms with E-state index in [1.807, 2.05) is 0 Å². The molecule has 0 unspecified atom stereocenters. The summed E-state index contributed by atoms with van der Waals surface area (Å²) in [6, 6.07) is 6.37. The number of nitrogens with zero attached hydrogens (tertiary/aromatic N) is 3. The molecule has 1 aliphatic rings. The number of benzene rings is 1. The van der Waals surface area contributed by atoms with Crippen molar-refractivity contribution in [2.24, 2.45) is 5.11 Å². The van der Waals surface area contributed by atoms with Gasteiger partial charge in [0.25, 0.3) is 0 Å². The van der Waals surface area contributed by atoms with E-state index >= 15 is 0 Å². The molecule has 0 heterocycles. The molecule has 27 heavy (non-hydrogen) atoms. The Morgan fingerprint density at radius 3 is 2.56 bits per heavy atom. The van der Waals surface area contributed by atoms with Crippen LogP contribution in [0.25, 0.3) is 10.4 Å². The molecule has 0 radical (unpaired) electrons. The molecule has 148 valence electrons. The lowest BCUT2D eigenvalue weighted by atomic mass is 9.72. The molecule has 0 spiro atoms. The molecule has 0 aliphatic heterocycles. The van der Waals surface area contributed by atoms with E-state index in [2.05, 4.69) is 15.3 Å². The maximum atomic E-state index is 12.5. The van der Waals surface area contributed by atoms with Crippen molar-refractivity contribution < 1.29 is 19.4 Å². The van der Waals surface area contributed by atoms with Gasteiger partial charge in [-0.2, -0.15) is 0 Å². The summed E-state index contributed by atoms with van der Waals surface area (Å²) in [6.07, 6.45) is 1.09. The summed E-state index contributed by atoms with van der Waals surface area (Å²) in [5, 5.41) is 17.6. The molecule has 1 aromatic carbocycles. The molecular formula is C19H28N4O4. The van der Waals surface area contributed by atoms with Gasteiger partial charge in [-0.05, 0) is 56.8 Å². The van der Waals surface area contributed by atoms with E-state index in [0.717, 1.165) is 12.8 Å². The second-order valence-electron chi connectivity index (χ2n) is 7.79. The molecule has 1 aromatic rings. The zero-order valence-corrected chi connectivity index (χ0v) is 16.3. The van der Waals surface area contributed by atoms with Crippen molar-refractivity contribution in [3.05, 3.63) is 40.3 Å². The molecule has 2 rings (SSSR count). The van der Waals surface area contributed by atoms with Crippen LogP contribution in [0.5, 0.6) is 5.75 Å². The summed E-state index contributed by atoms with van der Waals surface area (Å²) in [7, 11) is 1.57. The number of rotatable bonds is 5. The summed E-state index contributed by atoms with van der Waals surface area (Å²) in [6.45, 7) is 5.31. The van der Waals surface area contributed by atoms with Crippen LogP contribution in [0.3, 0.4) is 0 Å². The third-order valence-corrected chi connectivity index (χ3v) is 4.72. The fourth-order valence-corrected chi connectivity index (χ4v) is 3.48. The molecule has 1 amide bonds. The number of hydrogen-bond donors (Lipinski definition) is 2. The second kappa shape index (κ2) is 8.50. The number of carbonyl (C=O) groups is 1. The quantitative estimate of drug-likeness (QED) is 0.454. The SMILES string of the molecule is COc1ccc([C@H](NC(=O)OC(C)(C)C)[C@]2(N=[N+]=[N-])CCCC[C@@H]2O)cc1. The summed E-state index contributed by atoms with van der Waals surface area (Å²) >= 11 is 0. The Labute approximate surface area is 159 Å². The number of amides is 1. The van der Waals surface area contributed by atoms with Crippen LogP contribution in [0.4, 0.5) is 4.79 Å². The Balaban J connectivity index is 2.46. The average Bonchev–Trinajstić information content (AvgIpc) is 2.61. The van der Waals surface area contributed by atoms with Crippen LogP contribution in [-0.2, 0) is 4.74 Å². The van der Waals surface area contributed by atoms with Gasteiger partial charge in [-0.15, -0.1) is 0 Å². The van der Waals surface area contributed by atoms with Gasteiger partial charge in [0.2, 0.25) is 0 Å². The number of aliphatic hydroxyl groups is 1. The zero-order valence-electron chi connectivity index (χ0n) is 16.3. The van der Waals surface area contributed by atoms with E-state index < -0.39 is 29.4 Å². The molecule has 1 aliphatic carbocycles. The highest BCUT2D eigenvalue weighted by Crippen LogP contribution is 2.42. The largest absolute Gasteiger partial charge is 0.497 e. The van der Waals surface area contributed by atoms with E-state index in [9.17, 15) is 15.4 Å². The molecule has 1 saturated carbocycles. The first-order valence-corrected chi connectivity index (χ1v) is 9.09. The van der Waals surface area contributed by atoms with E-state index in [4.69, 9.17) is 9.47 Å². The van der Waals surface area contributed by atoms with Crippen LogP contribution in [0, 0.1) is 0 Å². The maximum Gasteiger partial charge on any atom is 0.408 e. The number of hydrogen-bond acceptors (Lipinski definition) is 5. The van der Waals surface area contributed by atoms with Gasteiger partial charge in [-0.1, -0.05) is 30.1 Å². The minimum Gasteiger partial charge on any atom is -0.497 e. The summed E-state index contributed by atoms with van der Waals surface area (Å²) in [4.78, 5) is 15.5. The van der Waals surface area contributed by atoms with Crippen molar-refractivity contribution in [3.8, 4) is 5.75 Å². The van der Waals surface area contributed by atoms with Crippen molar-refractivity contribution in [1.29, 1.82) is 0 Å². The van der Waals surface area contributed by atoms with Crippen LogP contribution in [0.1, 0.15) is 58.1 Å². The Bertz CT molecular complexity index is 695. The van der Waals surface area contributed by atoms with Crippen molar-refractivity contribution in [3.63, 3.8) is 0 Å². The molecule has 0 bridgehead atoms. The van der Waals surface area contributed by atoms with Gasteiger partial charge in [0.15, 0.2) is 0 Å². The summed E-state index contributed by atoms with van der Waals surface area (Å²) in [5.41, 5.74) is 8.03. The predicted octanol–water partition coefficient (Wildman–Crippen LogP) is 4.25. The molecule has 0 saturated heterocycles. The smallest absolute Gasteiger partial charge is 0.408 e. The van der Waals surface area contributed by atoms with Gasteiger partial charge in [-0.3, -0.25) is 0 Å².